The van der Waals surface area contributed by atoms with E-state index < -0.39 is 0 Å². The van der Waals surface area contributed by atoms with E-state index in [0.29, 0.717) is 17.4 Å². The van der Waals surface area contributed by atoms with Gasteiger partial charge in [-0.25, -0.2) is 4.79 Å². The Morgan fingerprint density at radius 3 is 2.24 bits per heavy atom. The molecule has 0 aromatic carbocycles. The molecule has 0 aromatic rings. The van der Waals surface area contributed by atoms with E-state index in [0.717, 1.165) is 12.8 Å². The summed E-state index contributed by atoms with van der Waals surface area (Å²) in [6.07, 6.45) is 8.37. The number of carbonyl (C=O) groups excluding carboxylic acids is 1. The molecule has 0 radical (unpaired) electrons. The molecule has 1 unspecified atom stereocenters. The summed E-state index contributed by atoms with van der Waals surface area (Å²) in [5.74, 6) is -0.271. The zero-order valence-corrected chi connectivity index (χ0v) is 12.1. The molecule has 0 aliphatic carbocycles. The third kappa shape index (κ3) is 11.8. The quantitative estimate of drug-likeness (QED) is 0.276. The number of hydrogen-bond acceptors (Lipinski definition) is 3. The van der Waals surface area contributed by atoms with Crippen LogP contribution in [0.25, 0.3) is 0 Å². The molecule has 0 amide bonds. The number of thiol groups is 1. The van der Waals surface area contributed by atoms with Crippen LogP contribution in [0.2, 0.25) is 0 Å². The third-order valence-corrected chi connectivity index (χ3v) is 2.86. The van der Waals surface area contributed by atoms with Gasteiger partial charge in [0.15, 0.2) is 0 Å². The second-order valence-electron chi connectivity index (χ2n) is 4.68. The average molecular weight is 258 g/mol. The maximum atomic E-state index is 11.1. The highest BCUT2D eigenvalue weighted by molar-refractivity contribution is 7.80. The Hall–Kier alpha value is -0.440. The Morgan fingerprint density at radius 1 is 1.18 bits per heavy atom. The average Bonchev–Trinajstić information content (AvgIpc) is 2.25. The first-order valence-electron chi connectivity index (χ1n) is 6.54. The minimum Gasteiger partial charge on any atom is -0.462 e. The molecule has 1 atom stereocenters. The Labute approximate surface area is 111 Å². The molecule has 17 heavy (non-hydrogen) atoms. The highest BCUT2D eigenvalue weighted by atomic mass is 32.1. The standard InChI is InChI=1S/C14H26O2S/c1-12(2)14(15)16-11-9-7-5-4-6-8-10-13(3)17/h13,17H,1,4-11H2,2-3H3. The molecule has 0 rings (SSSR count). The summed E-state index contributed by atoms with van der Waals surface area (Å²) in [5, 5.41) is 0.525. The van der Waals surface area contributed by atoms with Crippen LogP contribution in [0.15, 0.2) is 12.2 Å². The number of esters is 1. The van der Waals surface area contributed by atoms with Crippen LogP contribution < -0.4 is 0 Å². The molecular formula is C14H26O2S. The molecule has 0 aromatic heterocycles. The van der Waals surface area contributed by atoms with Crippen molar-refractivity contribution in [2.24, 2.45) is 0 Å². The van der Waals surface area contributed by atoms with Gasteiger partial charge in [-0.05, 0) is 25.0 Å². The van der Waals surface area contributed by atoms with Crippen LogP contribution in [-0.2, 0) is 9.53 Å². The highest BCUT2D eigenvalue weighted by Gasteiger charge is 2.01. The van der Waals surface area contributed by atoms with E-state index in [1.807, 2.05) is 0 Å². The maximum Gasteiger partial charge on any atom is 0.333 e. The van der Waals surface area contributed by atoms with Gasteiger partial charge in [0, 0.05) is 5.57 Å². The van der Waals surface area contributed by atoms with E-state index in [1.165, 1.54) is 32.1 Å². The lowest BCUT2D eigenvalue weighted by atomic mass is 10.1. The molecule has 3 heteroatoms. The van der Waals surface area contributed by atoms with Crippen LogP contribution >= 0.6 is 12.6 Å². The maximum absolute atomic E-state index is 11.1. The lowest BCUT2D eigenvalue weighted by Gasteiger charge is -2.05. The number of carbonyl (C=O) groups is 1. The Kier molecular flexibility index (Phi) is 10.4. The molecule has 0 aliphatic rings. The van der Waals surface area contributed by atoms with Gasteiger partial charge in [0.05, 0.1) is 6.61 Å². The summed E-state index contributed by atoms with van der Waals surface area (Å²) in [7, 11) is 0. The van der Waals surface area contributed by atoms with Crippen molar-refractivity contribution in [2.45, 2.75) is 64.0 Å². The molecule has 0 heterocycles. The van der Waals surface area contributed by atoms with Crippen LogP contribution in [0.4, 0.5) is 0 Å². The zero-order chi connectivity index (χ0) is 13.1. The fourth-order valence-corrected chi connectivity index (χ4v) is 1.72. The Bertz CT molecular complexity index is 224. The van der Waals surface area contributed by atoms with Crippen molar-refractivity contribution in [2.75, 3.05) is 6.61 Å². The summed E-state index contributed by atoms with van der Waals surface area (Å²) < 4.78 is 5.01. The topological polar surface area (TPSA) is 26.3 Å². The van der Waals surface area contributed by atoms with Crippen LogP contribution in [0, 0.1) is 0 Å². The van der Waals surface area contributed by atoms with Crippen molar-refractivity contribution < 1.29 is 9.53 Å². The van der Waals surface area contributed by atoms with Gasteiger partial charge in [-0.1, -0.05) is 45.6 Å². The predicted octanol–water partition coefficient (Wildman–Crippen LogP) is 4.15. The van der Waals surface area contributed by atoms with Gasteiger partial charge >= 0.3 is 5.97 Å². The first kappa shape index (κ1) is 16.6. The zero-order valence-electron chi connectivity index (χ0n) is 11.2. The predicted molar refractivity (Wildman–Crippen MR) is 76.5 cm³/mol. The van der Waals surface area contributed by atoms with Crippen molar-refractivity contribution in [1.29, 1.82) is 0 Å². The molecule has 100 valence electrons. The second kappa shape index (κ2) is 10.7. The normalized spacial score (nSPS) is 12.2. The van der Waals surface area contributed by atoms with Gasteiger partial charge in [0.25, 0.3) is 0 Å². The van der Waals surface area contributed by atoms with Crippen molar-refractivity contribution in [3.8, 4) is 0 Å². The molecule has 0 aliphatic heterocycles. The molecule has 0 bridgehead atoms. The first-order valence-corrected chi connectivity index (χ1v) is 7.06. The number of rotatable bonds is 10. The number of unbranched alkanes of at least 4 members (excludes halogenated alkanes) is 5. The molecule has 0 saturated heterocycles. The molecule has 0 spiro atoms. The largest absolute Gasteiger partial charge is 0.462 e. The van der Waals surface area contributed by atoms with E-state index in [9.17, 15) is 4.79 Å². The van der Waals surface area contributed by atoms with E-state index in [1.54, 1.807) is 6.92 Å². The Balaban J connectivity index is 3.14. The molecule has 0 N–H and O–H groups in total. The van der Waals surface area contributed by atoms with Gasteiger partial charge in [0.1, 0.15) is 0 Å². The van der Waals surface area contributed by atoms with E-state index in [4.69, 9.17) is 4.74 Å². The van der Waals surface area contributed by atoms with Crippen molar-refractivity contribution >= 4 is 18.6 Å². The lowest BCUT2D eigenvalue weighted by molar-refractivity contribution is -0.139. The SMILES string of the molecule is C=C(C)C(=O)OCCCCCCCCC(C)S. The molecule has 0 fully saturated rings. The number of ether oxygens (including phenoxy) is 1. The van der Waals surface area contributed by atoms with Crippen LogP contribution in [0.1, 0.15) is 58.8 Å². The minimum atomic E-state index is -0.271. The summed E-state index contributed by atoms with van der Waals surface area (Å²) in [6, 6.07) is 0. The number of hydrogen-bond donors (Lipinski definition) is 1. The van der Waals surface area contributed by atoms with Gasteiger partial charge in [-0.2, -0.15) is 12.6 Å². The fraction of sp³-hybridized carbons (Fsp3) is 0.786. The van der Waals surface area contributed by atoms with Crippen molar-refractivity contribution in [3.63, 3.8) is 0 Å². The monoisotopic (exact) mass is 258 g/mol. The first-order chi connectivity index (χ1) is 8.04. The van der Waals surface area contributed by atoms with E-state index in [2.05, 4.69) is 26.1 Å². The van der Waals surface area contributed by atoms with Crippen LogP contribution in [0.3, 0.4) is 0 Å². The molecular weight excluding hydrogens is 232 g/mol. The lowest BCUT2D eigenvalue weighted by Crippen LogP contribution is -2.05. The van der Waals surface area contributed by atoms with E-state index >= 15 is 0 Å². The fourth-order valence-electron chi connectivity index (χ4n) is 1.54. The minimum absolute atomic E-state index is 0.271. The van der Waals surface area contributed by atoms with Gasteiger partial charge in [0.2, 0.25) is 0 Å². The smallest absolute Gasteiger partial charge is 0.333 e. The molecule has 2 nitrogen and oxygen atoms in total. The van der Waals surface area contributed by atoms with Gasteiger partial charge in [-0.15, -0.1) is 0 Å². The van der Waals surface area contributed by atoms with Gasteiger partial charge in [-0.3, -0.25) is 0 Å². The summed E-state index contributed by atoms with van der Waals surface area (Å²) in [4.78, 5) is 11.1. The highest BCUT2D eigenvalue weighted by Crippen LogP contribution is 2.11. The Morgan fingerprint density at radius 2 is 1.71 bits per heavy atom. The summed E-state index contributed by atoms with van der Waals surface area (Å²) in [6.45, 7) is 7.87. The summed E-state index contributed by atoms with van der Waals surface area (Å²) in [5.41, 5.74) is 0.478. The molecule has 0 saturated carbocycles. The summed E-state index contributed by atoms with van der Waals surface area (Å²) >= 11 is 4.35. The van der Waals surface area contributed by atoms with Gasteiger partial charge < -0.3 is 4.74 Å². The van der Waals surface area contributed by atoms with Crippen LogP contribution in [-0.4, -0.2) is 17.8 Å². The second-order valence-corrected chi connectivity index (χ2v) is 5.56. The van der Waals surface area contributed by atoms with Crippen molar-refractivity contribution in [3.05, 3.63) is 12.2 Å². The van der Waals surface area contributed by atoms with Crippen molar-refractivity contribution in [1.82, 2.24) is 0 Å². The van der Waals surface area contributed by atoms with E-state index in [-0.39, 0.29) is 5.97 Å². The third-order valence-electron chi connectivity index (χ3n) is 2.60. The van der Waals surface area contributed by atoms with Crippen LogP contribution in [0.5, 0.6) is 0 Å².